The summed E-state index contributed by atoms with van der Waals surface area (Å²) in [6.45, 7) is 3.70. The highest BCUT2D eigenvalue weighted by atomic mass is 32.1. The Morgan fingerprint density at radius 3 is 2.84 bits per heavy atom. The number of nitro benzene ring substituents is 1. The number of halogens is 1. The molecule has 0 bridgehead atoms. The highest BCUT2D eigenvalue weighted by molar-refractivity contribution is 7.09. The molecule has 1 aromatic heterocycles. The Bertz CT molecular complexity index is 615. The standard InChI is InChI=1S/C12H12FN3O2S/c1-7-6-19-12(14-7)8(2)15-10-5-9(13)3-4-11(10)16(17)18/h3-6,8,15H,1-2H3. The van der Waals surface area contributed by atoms with Gasteiger partial charge in [-0.1, -0.05) is 0 Å². The predicted octanol–water partition coefficient (Wildman–Crippen LogP) is 3.67. The summed E-state index contributed by atoms with van der Waals surface area (Å²) in [7, 11) is 0. The lowest BCUT2D eigenvalue weighted by atomic mass is 10.2. The molecule has 1 N–H and O–H groups in total. The van der Waals surface area contributed by atoms with Crippen LogP contribution in [0.4, 0.5) is 15.8 Å². The second kappa shape index (κ2) is 5.31. The second-order valence-electron chi connectivity index (χ2n) is 4.11. The molecule has 0 fully saturated rings. The largest absolute Gasteiger partial charge is 0.370 e. The molecule has 0 amide bonds. The van der Waals surface area contributed by atoms with Crippen molar-refractivity contribution in [3.8, 4) is 0 Å². The van der Waals surface area contributed by atoms with E-state index in [0.29, 0.717) is 0 Å². The summed E-state index contributed by atoms with van der Waals surface area (Å²) in [5.41, 5.74) is 0.897. The van der Waals surface area contributed by atoms with Crippen LogP contribution in [0.25, 0.3) is 0 Å². The molecule has 0 spiro atoms. The fourth-order valence-electron chi connectivity index (χ4n) is 1.65. The van der Waals surface area contributed by atoms with Crippen molar-refractivity contribution in [3.05, 3.63) is 50.2 Å². The monoisotopic (exact) mass is 281 g/mol. The van der Waals surface area contributed by atoms with Gasteiger partial charge in [0.15, 0.2) is 0 Å². The van der Waals surface area contributed by atoms with Gasteiger partial charge in [-0.2, -0.15) is 0 Å². The van der Waals surface area contributed by atoms with Crippen molar-refractivity contribution in [3.63, 3.8) is 0 Å². The van der Waals surface area contributed by atoms with Crippen LogP contribution in [-0.4, -0.2) is 9.91 Å². The molecule has 2 aromatic rings. The van der Waals surface area contributed by atoms with Gasteiger partial charge in [-0.15, -0.1) is 11.3 Å². The highest BCUT2D eigenvalue weighted by Crippen LogP contribution is 2.29. The minimum atomic E-state index is -0.540. The first-order chi connectivity index (χ1) is 8.97. The SMILES string of the molecule is Cc1csc(C(C)Nc2cc(F)ccc2[N+](=O)[O-])n1. The Balaban J connectivity index is 2.27. The molecule has 1 heterocycles. The van der Waals surface area contributed by atoms with Crippen LogP contribution in [0.15, 0.2) is 23.6 Å². The number of aromatic nitrogens is 1. The Hall–Kier alpha value is -2.02. The zero-order valence-electron chi connectivity index (χ0n) is 10.4. The number of nitro groups is 1. The van der Waals surface area contributed by atoms with E-state index in [1.54, 1.807) is 0 Å². The first-order valence-electron chi connectivity index (χ1n) is 5.60. The number of nitrogens with zero attached hydrogens (tertiary/aromatic N) is 2. The Labute approximate surface area is 113 Å². The molecule has 1 unspecified atom stereocenters. The molecule has 0 radical (unpaired) electrons. The van der Waals surface area contributed by atoms with Crippen LogP contribution in [0, 0.1) is 22.9 Å². The van der Waals surface area contributed by atoms with Crippen LogP contribution in [0.1, 0.15) is 23.7 Å². The van der Waals surface area contributed by atoms with Crippen LogP contribution >= 0.6 is 11.3 Å². The zero-order chi connectivity index (χ0) is 14.0. The van der Waals surface area contributed by atoms with Gasteiger partial charge < -0.3 is 5.32 Å². The van der Waals surface area contributed by atoms with Crippen molar-refractivity contribution in [2.45, 2.75) is 19.9 Å². The molecular formula is C12H12FN3O2S. The highest BCUT2D eigenvalue weighted by Gasteiger charge is 2.18. The predicted molar refractivity (Wildman–Crippen MR) is 71.9 cm³/mol. The third kappa shape index (κ3) is 3.05. The van der Waals surface area contributed by atoms with Crippen LogP contribution < -0.4 is 5.32 Å². The molecule has 1 aromatic carbocycles. The van der Waals surface area contributed by atoms with Gasteiger partial charge >= 0.3 is 0 Å². The zero-order valence-corrected chi connectivity index (χ0v) is 11.2. The fourth-order valence-corrected chi connectivity index (χ4v) is 2.45. The lowest BCUT2D eigenvalue weighted by Gasteiger charge is -2.12. The van der Waals surface area contributed by atoms with Gasteiger partial charge in [0, 0.05) is 23.2 Å². The van der Waals surface area contributed by atoms with E-state index in [-0.39, 0.29) is 17.4 Å². The van der Waals surface area contributed by atoms with E-state index in [1.807, 2.05) is 19.2 Å². The Morgan fingerprint density at radius 1 is 1.53 bits per heavy atom. The molecule has 0 saturated carbocycles. The van der Waals surface area contributed by atoms with Crippen LogP contribution in [0.2, 0.25) is 0 Å². The van der Waals surface area contributed by atoms with Gasteiger partial charge in [-0.05, 0) is 19.9 Å². The summed E-state index contributed by atoms with van der Waals surface area (Å²) >= 11 is 1.46. The van der Waals surface area contributed by atoms with Crippen molar-refractivity contribution in [1.29, 1.82) is 0 Å². The molecular weight excluding hydrogens is 269 g/mol. The molecule has 0 aliphatic rings. The number of aryl methyl sites for hydroxylation is 1. The van der Waals surface area contributed by atoms with E-state index < -0.39 is 10.7 Å². The maximum Gasteiger partial charge on any atom is 0.292 e. The van der Waals surface area contributed by atoms with Gasteiger partial charge in [0.2, 0.25) is 0 Å². The van der Waals surface area contributed by atoms with Crippen LogP contribution in [0.5, 0.6) is 0 Å². The topological polar surface area (TPSA) is 68.1 Å². The van der Waals surface area contributed by atoms with Gasteiger partial charge in [0.25, 0.3) is 5.69 Å². The summed E-state index contributed by atoms with van der Waals surface area (Å²) in [5.74, 6) is -0.518. The van der Waals surface area contributed by atoms with Crippen molar-refractivity contribution in [1.82, 2.24) is 4.98 Å². The molecule has 100 valence electrons. The van der Waals surface area contributed by atoms with Crippen molar-refractivity contribution in [2.75, 3.05) is 5.32 Å². The number of benzene rings is 1. The number of anilines is 1. The van der Waals surface area contributed by atoms with Gasteiger partial charge in [-0.25, -0.2) is 9.37 Å². The summed E-state index contributed by atoms with van der Waals surface area (Å²) < 4.78 is 13.2. The summed E-state index contributed by atoms with van der Waals surface area (Å²) in [4.78, 5) is 14.6. The molecule has 1 atom stereocenters. The third-order valence-corrected chi connectivity index (χ3v) is 3.68. The van der Waals surface area contributed by atoms with Crippen LogP contribution in [-0.2, 0) is 0 Å². The van der Waals surface area contributed by atoms with Crippen molar-refractivity contribution < 1.29 is 9.31 Å². The maximum atomic E-state index is 13.2. The molecule has 7 heteroatoms. The molecule has 0 saturated heterocycles. The molecule has 19 heavy (non-hydrogen) atoms. The summed E-state index contributed by atoms with van der Waals surface area (Å²) in [5, 5.41) is 16.5. The van der Waals surface area contributed by atoms with E-state index in [0.717, 1.165) is 28.9 Å². The van der Waals surface area contributed by atoms with E-state index in [4.69, 9.17) is 0 Å². The minimum absolute atomic E-state index is 0.151. The minimum Gasteiger partial charge on any atom is -0.370 e. The normalized spacial score (nSPS) is 12.2. The maximum absolute atomic E-state index is 13.2. The second-order valence-corrected chi connectivity index (χ2v) is 5.00. The number of rotatable bonds is 4. The lowest BCUT2D eigenvalue weighted by Crippen LogP contribution is -2.08. The third-order valence-electron chi connectivity index (χ3n) is 2.53. The van der Waals surface area contributed by atoms with Gasteiger partial charge in [-0.3, -0.25) is 10.1 Å². The average Bonchev–Trinajstić information content (AvgIpc) is 2.75. The molecule has 0 aliphatic heterocycles. The summed E-state index contributed by atoms with van der Waals surface area (Å²) in [6.07, 6.45) is 0. The molecule has 2 rings (SSSR count). The number of thiazole rings is 1. The van der Waals surface area contributed by atoms with Crippen molar-refractivity contribution >= 4 is 22.7 Å². The Morgan fingerprint density at radius 2 is 2.26 bits per heavy atom. The first kappa shape index (κ1) is 13.4. The number of hydrogen-bond acceptors (Lipinski definition) is 5. The van der Waals surface area contributed by atoms with Gasteiger partial charge in [0.1, 0.15) is 16.5 Å². The molecule has 5 nitrogen and oxygen atoms in total. The van der Waals surface area contributed by atoms with Gasteiger partial charge in [0.05, 0.1) is 11.0 Å². The lowest BCUT2D eigenvalue weighted by molar-refractivity contribution is -0.384. The smallest absolute Gasteiger partial charge is 0.292 e. The number of nitrogens with one attached hydrogen (secondary N) is 1. The quantitative estimate of drug-likeness (QED) is 0.685. The summed E-state index contributed by atoms with van der Waals surface area (Å²) in [6, 6.07) is 3.12. The first-order valence-corrected chi connectivity index (χ1v) is 6.48. The average molecular weight is 281 g/mol. The van der Waals surface area contributed by atoms with E-state index >= 15 is 0 Å². The fraction of sp³-hybridized carbons (Fsp3) is 0.250. The van der Waals surface area contributed by atoms with Crippen molar-refractivity contribution in [2.24, 2.45) is 0 Å². The van der Waals surface area contributed by atoms with Crippen LogP contribution in [0.3, 0.4) is 0 Å². The number of hydrogen-bond donors (Lipinski definition) is 1. The van der Waals surface area contributed by atoms with E-state index in [2.05, 4.69) is 10.3 Å². The van der Waals surface area contributed by atoms with E-state index in [9.17, 15) is 14.5 Å². The molecule has 0 aliphatic carbocycles. The van der Waals surface area contributed by atoms with E-state index in [1.165, 1.54) is 11.3 Å². The Kier molecular flexibility index (Phi) is 3.75.